The van der Waals surface area contributed by atoms with Gasteiger partial charge in [-0.1, -0.05) is 272 Å². The van der Waals surface area contributed by atoms with E-state index in [-0.39, 0.29) is 19.1 Å². The Balaban J connectivity index is 0.000000767. The molecule has 0 radical (unpaired) electrons. The van der Waals surface area contributed by atoms with Crippen LogP contribution < -0.4 is 39.1 Å². The molecule has 138 heavy (non-hydrogen) atoms. The molecule has 0 amide bonds. The molecule has 6 atom stereocenters. The first-order valence-electron chi connectivity index (χ1n) is 44.8. The van der Waals surface area contributed by atoms with E-state index in [0.717, 1.165) is 129 Å². The van der Waals surface area contributed by atoms with Gasteiger partial charge in [0.15, 0.2) is 18.7 Å². The van der Waals surface area contributed by atoms with Gasteiger partial charge in [0, 0.05) is 70.9 Å². The van der Waals surface area contributed by atoms with Crippen LogP contribution in [0.1, 0.15) is 208 Å². The molecule has 10 aromatic carbocycles. The molecular formula is C107H139Br6F2N13O10. The molecule has 0 aliphatic carbocycles. The van der Waals surface area contributed by atoms with Crippen LogP contribution in [0.5, 0.6) is 5.75 Å². The number of nitrogens with one attached hydrogen (secondary N) is 5. The van der Waals surface area contributed by atoms with E-state index in [1.165, 1.54) is 32.3 Å². The molecule has 0 aliphatic rings. The zero-order valence-corrected chi connectivity index (χ0v) is 89.9. The molecule has 0 spiro atoms. The standard InChI is InChI=1S/C12H17FN2.C11H14BrFN2O.2C11H14BrNO.2C11H14BrN.C10H13BrN2O.3C10H13NO2/c1-10(14)15-9-12-5-2-4-11(8-12)6-3-7-13;1-8(14)15-7-9-2-3-11(10(12)6-9)16-5-4-13;1-8(13)2-7-11(14)9-3-5-10(12)6-4-9;1-8(13)6-7-11(14)9-4-2-3-5-10(9)12;1-9(13)5-4-7-10-6-2-3-8-11(10)12;1-9(13)3-2-4-10-5-7-11(12)8-6-10;11-8-3-1-2-7(6-8)9(14)4-5-10(12)13;3*1-8-2-4-9(5-3-8)6-10(11)13-7-12/h2,4-5,8H,3,6-7,9H2,1H3,(H2,14,15);2-3,6H,4-5,7H2,1H3,(H2,14,15);3-6,11,13-14H,2,7H2,1H3;2-5,11,13-14H,6-7H2,1H3;2-3,6,8,13H,4-5,7H2,1H3;5-8,13H,2-4H2,1H3;1-3,6,9,14H,4-5H2,(H3,12,13);3*2-5,7,10H,6,11H2,1H3/t;;2*11-;;;9-;3*10-/m..00..0000/s1/i2*13-1;4*12-4;11-4;;;. The lowest BCUT2D eigenvalue weighted by atomic mass is 10.0. The summed E-state index contributed by atoms with van der Waals surface area (Å²) in [5.41, 5.74) is 50.8. The highest BCUT2D eigenvalue weighted by molar-refractivity contribution is 9.11. The third-order valence-corrected chi connectivity index (χ3v) is 22.9. The number of aliphatic hydroxyl groups is 3. The average molecular weight is 2260 g/mol. The van der Waals surface area contributed by atoms with Gasteiger partial charge in [0.05, 0.1) is 60.1 Å². The third kappa shape index (κ3) is 65.8. The number of rotatable bonds is 42. The average Bonchev–Trinajstić information content (AvgIpc) is 0.878. The molecule has 23 nitrogen and oxygen atoms in total. The van der Waals surface area contributed by atoms with Crippen LogP contribution in [-0.4, -0.2) is 114 Å². The minimum atomic E-state index is -0.545. The van der Waals surface area contributed by atoms with E-state index in [4.69, 9.17) is 66.2 Å². The molecule has 748 valence electrons. The van der Waals surface area contributed by atoms with Crippen molar-refractivity contribution in [3.05, 3.63) is 341 Å². The van der Waals surface area contributed by atoms with E-state index in [1.807, 2.05) is 217 Å². The second-order valence-electron chi connectivity index (χ2n) is 32.1. The van der Waals surface area contributed by atoms with Crippen molar-refractivity contribution in [1.82, 2.24) is 0 Å². The first-order valence-corrected chi connectivity index (χ1v) is 49.6. The number of halogens is 8. The van der Waals surface area contributed by atoms with Gasteiger partial charge < -0.3 is 73.1 Å². The van der Waals surface area contributed by atoms with E-state index >= 15 is 0 Å². The summed E-state index contributed by atoms with van der Waals surface area (Å²) in [4.78, 5) is 38.1. The molecule has 10 rings (SSSR count). The summed E-state index contributed by atoms with van der Waals surface area (Å²) in [5, 5.41) is 65.5. The summed E-state index contributed by atoms with van der Waals surface area (Å²) in [7, 11) is 0. The number of hydrogen-bond acceptors (Lipinski definition) is 20. The van der Waals surface area contributed by atoms with Crippen LogP contribution in [0.4, 0.5) is 8.78 Å². The lowest BCUT2D eigenvalue weighted by molar-refractivity contribution is -0.134. The molecule has 0 fully saturated rings. The summed E-state index contributed by atoms with van der Waals surface area (Å²) in [6.45, 7) is 18.4. The van der Waals surface area contributed by atoms with Crippen molar-refractivity contribution >= 4 is 155 Å². The molecule has 0 aromatic heterocycles. The van der Waals surface area contributed by atoms with Gasteiger partial charge in [-0.2, -0.15) is 0 Å². The Morgan fingerprint density at radius 2 is 0.790 bits per heavy atom. The SMILES string of the molecule is CC(=N)CCCc1ccc([76Br])cc1.CC(=N)CCCc1ccccc1[76Br].CC(=N)CC[C@H](O)c1ccc([76Br])cc1.CC(=N)CC[C@H](O)c1ccccc1[76Br].CC(N)=NCc1ccc(OCC[18F])c(Br)c1.CC(N)=NCc1cccc(CCC[18F])c1.Cc1ccc(C[C@@H](N)OC=O)cc1.Cc1ccc(C[C@@H](N)OC=O)cc1.Cc1ccc(C[C@@H](N)OC=O)cc1.N=C(N)CC[C@H](O)c1cccc([76Br])c1. The van der Waals surface area contributed by atoms with Gasteiger partial charge in [0.2, 0.25) is 0 Å². The van der Waals surface area contributed by atoms with Gasteiger partial charge in [-0.3, -0.25) is 51.4 Å². The molecule has 0 heterocycles. The number of benzene rings is 10. The van der Waals surface area contributed by atoms with Gasteiger partial charge in [-0.15, -0.1) is 0 Å². The number of carbonyl (C=O) groups is 3. The maximum absolute atomic E-state index is 12.0. The van der Waals surface area contributed by atoms with Crippen molar-refractivity contribution < 1.29 is 57.4 Å². The maximum Gasteiger partial charge on any atom is 0.294 e. The Kier molecular flexibility index (Phi) is 70.2. The van der Waals surface area contributed by atoms with Gasteiger partial charge >= 0.3 is 0 Å². The normalized spacial score (nSPS) is 11.7. The topological polar surface area (TPSA) is 449 Å². The lowest BCUT2D eigenvalue weighted by Gasteiger charge is -2.11. The fourth-order valence-corrected chi connectivity index (χ4v) is 14.3. The van der Waals surface area contributed by atoms with Crippen molar-refractivity contribution in [1.29, 1.82) is 27.0 Å². The first-order chi connectivity index (χ1) is 65.7. The summed E-state index contributed by atoms with van der Waals surface area (Å²) in [6, 6.07) is 76.9. The van der Waals surface area contributed by atoms with Crippen LogP contribution in [0.25, 0.3) is 0 Å². The number of nitrogens with zero attached hydrogens (tertiary/aromatic N) is 2. The number of aliphatic hydroxyl groups excluding tert-OH is 3. The van der Waals surface area contributed by atoms with Crippen molar-refractivity contribution in [2.45, 2.75) is 222 Å². The zero-order valence-electron chi connectivity index (χ0n) is 80.4. The molecule has 31 heteroatoms. The quantitative estimate of drug-likeness (QED) is 0.00555. The summed E-state index contributed by atoms with van der Waals surface area (Å²) in [6.07, 6.45) is 9.46. The second kappa shape index (κ2) is 76.8. The highest BCUT2D eigenvalue weighted by Gasteiger charge is 2.14. The predicted octanol–water partition coefficient (Wildman–Crippen LogP) is 24.6. The fraction of sp³-hybridized carbons (Fsp3) is 0.346. The van der Waals surface area contributed by atoms with Crippen LogP contribution in [0, 0.1) is 47.8 Å². The Morgan fingerprint density at radius 3 is 1.21 bits per heavy atom. The summed E-state index contributed by atoms with van der Waals surface area (Å²) < 4.78 is 48.8. The molecule has 0 aliphatic heterocycles. The van der Waals surface area contributed by atoms with Crippen molar-refractivity contribution in [2.75, 3.05) is 20.0 Å². The van der Waals surface area contributed by atoms with E-state index in [9.17, 15) is 38.5 Å². The van der Waals surface area contributed by atoms with E-state index in [1.54, 1.807) is 33.8 Å². The van der Waals surface area contributed by atoms with Gasteiger partial charge in [-0.05, 0) is 284 Å². The number of carbonyl (C=O) groups excluding carboxylic acids is 3. The first kappa shape index (κ1) is 126. The van der Waals surface area contributed by atoms with Crippen molar-refractivity contribution in [3.63, 3.8) is 0 Å². The van der Waals surface area contributed by atoms with Crippen LogP contribution >= 0.6 is 95.6 Å². The minimum absolute atomic E-state index is 0.0675. The van der Waals surface area contributed by atoms with E-state index < -0.39 is 43.7 Å². The number of aliphatic imine (C=N–C) groups is 2. The van der Waals surface area contributed by atoms with Crippen LogP contribution in [0.2, 0.25) is 0 Å². The summed E-state index contributed by atoms with van der Waals surface area (Å²) in [5.74, 6) is 1.88. The van der Waals surface area contributed by atoms with Crippen LogP contribution in [-0.2, 0) is 80.2 Å². The Morgan fingerprint density at radius 1 is 0.399 bits per heavy atom. The van der Waals surface area contributed by atoms with Crippen molar-refractivity contribution in [3.8, 4) is 5.75 Å². The monoisotopic (exact) mass is 2260 g/mol. The lowest BCUT2D eigenvalue weighted by Crippen LogP contribution is -2.25. The van der Waals surface area contributed by atoms with Crippen molar-refractivity contribution in [2.24, 2.45) is 44.4 Å². The van der Waals surface area contributed by atoms with Gasteiger partial charge in [0.25, 0.3) is 19.4 Å². The Hall–Kier alpha value is -10.0. The number of ether oxygens (including phenoxy) is 4. The zero-order chi connectivity index (χ0) is 103. The fourth-order valence-electron chi connectivity index (χ4n) is 11.8. The highest BCUT2D eigenvalue weighted by Crippen LogP contribution is 2.29. The number of hydrogen-bond donors (Lipinski definition) is 14. The molecule has 0 saturated carbocycles. The van der Waals surface area contributed by atoms with Gasteiger partial charge in [-0.25, -0.2) is 4.39 Å². The molecule has 0 saturated heterocycles. The minimum Gasteiger partial charge on any atom is -0.490 e. The van der Waals surface area contributed by atoms with E-state index in [2.05, 4.69) is 168 Å². The Labute approximate surface area is 865 Å². The third-order valence-electron chi connectivity index (χ3n) is 19.2. The maximum atomic E-state index is 12.0. The molecule has 0 unspecified atom stereocenters. The molecular weight excluding hydrogens is 2120 g/mol. The van der Waals surface area contributed by atoms with Gasteiger partial charge in [0.1, 0.15) is 19.0 Å². The summed E-state index contributed by atoms with van der Waals surface area (Å²) >= 11 is 20.3. The van der Waals surface area contributed by atoms with E-state index in [0.29, 0.717) is 126 Å². The molecule has 20 N–H and O–H groups in total. The highest BCUT2D eigenvalue weighted by atomic mass is 79.9. The number of alkyl halides is 2. The largest absolute Gasteiger partial charge is 0.490 e. The Bertz CT molecular complexity index is 5040. The predicted molar refractivity (Wildman–Crippen MR) is 583 cm³/mol. The second-order valence-corrected chi connectivity index (χ2v) is 37.4. The van der Waals surface area contributed by atoms with Crippen LogP contribution in [0.15, 0.2) is 273 Å². The molecule has 10 aromatic rings. The van der Waals surface area contributed by atoms with Crippen LogP contribution in [0.3, 0.4) is 0 Å². The smallest absolute Gasteiger partial charge is 0.294 e. The number of amidine groups is 3. The molecule has 0 bridgehead atoms. The number of nitrogens with two attached hydrogens (primary N) is 6. The number of aryl methyl sites for hydroxylation is 6.